The Morgan fingerprint density at radius 1 is 1.11 bits per heavy atom. The first-order valence-electron chi connectivity index (χ1n) is 8.18. The topological polar surface area (TPSA) is 15.3 Å². The Morgan fingerprint density at radius 2 is 1.94 bits per heavy atom. The average molecular weight is 252 g/mol. The summed E-state index contributed by atoms with van der Waals surface area (Å²) in [6.07, 6.45) is 8.51. The van der Waals surface area contributed by atoms with Crippen molar-refractivity contribution in [1.29, 1.82) is 0 Å². The van der Waals surface area contributed by atoms with Crippen molar-refractivity contribution in [1.82, 2.24) is 10.2 Å². The second kappa shape index (κ2) is 6.91. The molecule has 1 N–H and O–H groups in total. The largest absolute Gasteiger partial charge is 0.314 e. The first-order chi connectivity index (χ1) is 8.70. The van der Waals surface area contributed by atoms with Gasteiger partial charge in [-0.1, -0.05) is 20.3 Å². The Labute approximate surface area is 114 Å². The van der Waals surface area contributed by atoms with E-state index in [1.165, 1.54) is 51.6 Å². The third-order valence-corrected chi connectivity index (χ3v) is 5.12. The maximum atomic E-state index is 3.73. The molecule has 1 heterocycles. The normalized spacial score (nSPS) is 38.8. The maximum Gasteiger partial charge on any atom is 0.0108 e. The lowest BCUT2D eigenvalue weighted by Crippen LogP contribution is -2.48. The van der Waals surface area contributed by atoms with Crippen molar-refractivity contribution in [2.75, 3.05) is 19.6 Å². The van der Waals surface area contributed by atoms with Crippen molar-refractivity contribution in [3.05, 3.63) is 0 Å². The van der Waals surface area contributed by atoms with Crippen molar-refractivity contribution in [3.63, 3.8) is 0 Å². The molecule has 4 atom stereocenters. The maximum absolute atomic E-state index is 3.73. The van der Waals surface area contributed by atoms with E-state index in [4.69, 9.17) is 0 Å². The van der Waals surface area contributed by atoms with Gasteiger partial charge in [-0.05, 0) is 64.0 Å². The molecule has 18 heavy (non-hydrogen) atoms. The number of likely N-dealkylation sites (tertiary alicyclic amines) is 1. The minimum Gasteiger partial charge on any atom is -0.314 e. The summed E-state index contributed by atoms with van der Waals surface area (Å²) in [6.45, 7) is 10.9. The SMILES string of the molecule is CCNC1CCC(C)CC1CN1CCCCC1C. The van der Waals surface area contributed by atoms with Gasteiger partial charge in [0.25, 0.3) is 0 Å². The van der Waals surface area contributed by atoms with Crippen LogP contribution in [0.3, 0.4) is 0 Å². The van der Waals surface area contributed by atoms with Crippen LogP contribution in [0.25, 0.3) is 0 Å². The molecule has 1 saturated carbocycles. The molecule has 1 aliphatic carbocycles. The van der Waals surface area contributed by atoms with Gasteiger partial charge in [-0.2, -0.15) is 0 Å². The zero-order valence-corrected chi connectivity index (χ0v) is 12.6. The van der Waals surface area contributed by atoms with E-state index in [9.17, 15) is 0 Å². The summed E-state index contributed by atoms with van der Waals surface area (Å²) in [5, 5.41) is 3.73. The smallest absolute Gasteiger partial charge is 0.0108 e. The van der Waals surface area contributed by atoms with Crippen LogP contribution in [0, 0.1) is 11.8 Å². The molecular weight excluding hydrogens is 220 g/mol. The van der Waals surface area contributed by atoms with Crippen LogP contribution in [0.2, 0.25) is 0 Å². The molecule has 0 aromatic carbocycles. The van der Waals surface area contributed by atoms with Crippen molar-refractivity contribution in [2.45, 2.75) is 71.4 Å². The van der Waals surface area contributed by atoms with Crippen LogP contribution in [0.15, 0.2) is 0 Å². The molecule has 4 unspecified atom stereocenters. The average Bonchev–Trinajstić information content (AvgIpc) is 2.36. The molecule has 2 nitrogen and oxygen atoms in total. The first kappa shape index (κ1) is 14.3. The molecule has 1 saturated heterocycles. The summed E-state index contributed by atoms with van der Waals surface area (Å²) in [4.78, 5) is 2.76. The summed E-state index contributed by atoms with van der Waals surface area (Å²) in [6, 6.07) is 1.60. The first-order valence-corrected chi connectivity index (χ1v) is 8.18. The third kappa shape index (κ3) is 3.71. The van der Waals surface area contributed by atoms with Crippen LogP contribution in [0.5, 0.6) is 0 Å². The Bertz CT molecular complexity index is 241. The molecule has 2 rings (SSSR count). The molecule has 0 aromatic heterocycles. The zero-order chi connectivity index (χ0) is 13.0. The van der Waals surface area contributed by atoms with Gasteiger partial charge in [-0.25, -0.2) is 0 Å². The summed E-state index contributed by atoms with van der Waals surface area (Å²) in [7, 11) is 0. The van der Waals surface area contributed by atoms with E-state index >= 15 is 0 Å². The zero-order valence-electron chi connectivity index (χ0n) is 12.6. The van der Waals surface area contributed by atoms with Crippen LogP contribution < -0.4 is 5.32 Å². The quantitative estimate of drug-likeness (QED) is 0.826. The highest BCUT2D eigenvalue weighted by Gasteiger charge is 2.31. The molecule has 1 aliphatic heterocycles. The van der Waals surface area contributed by atoms with Crippen LogP contribution in [-0.4, -0.2) is 36.6 Å². The predicted octanol–water partition coefficient (Wildman–Crippen LogP) is 3.28. The molecule has 2 fully saturated rings. The fourth-order valence-corrected chi connectivity index (χ4v) is 3.96. The summed E-state index contributed by atoms with van der Waals surface area (Å²) >= 11 is 0. The van der Waals surface area contributed by atoms with E-state index in [0.29, 0.717) is 0 Å². The highest BCUT2D eigenvalue weighted by Crippen LogP contribution is 2.31. The molecule has 0 amide bonds. The van der Waals surface area contributed by atoms with Gasteiger partial charge in [0.1, 0.15) is 0 Å². The van der Waals surface area contributed by atoms with E-state index in [-0.39, 0.29) is 0 Å². The highest BCUT2D eigenvalue weighted by molar-refractivity contribution is 4.87. The Balaban J connectivity index is 1.90. The molecule has 0 bridgehead atoms. The van der Waals surface area contributed by atoms with E-state index in [0.717, 1.165) is 30.5 Å². The second-order valence-electron chi connectivity index (χ2n) is 6.68. The summed E-state index contributed by atoms with van der Waals surface area (Å²) in [5.74, 6) is 1.82. The van der Waals surface area contributed by atoms with Crippen LogP contribution in [0.1, 0.15) is 59.3 Å². The third-order valence-electron chi connectivity index (χ3n) is 5.12. The van der Waals surface area contributed by atoms with Crippen molar-refractivity contribution in [3.8, 4) is 0 Å². The van der Waals surface area contributed by atoms with Gasteiger partial charge in [0, 0.05) is 18.6 Å². The molecule has 0 spiro atoms. The highest BCUT2D eigenvalue weighted by atomic mass is 15.2. The lowest BCUT2D eigenvalue weighted by molar-refractivity contribution is 0.0963. The minimum atomic E-state index is 0.778. The summed E-state index contributed by atoms with van der Waals surface area (Å²) in [5.41, 5.74) is 0. The Morgan fingerprint density at radius 3 is 2.67 bits per heavy atom. The minimum absolute atomic E-state index is 0.778. The monoisotopic (exact) mass is 252 g/mol. The van der Waals surface area contributed by atoms with E-state index < -0.39 is 0 Å². The molecule has 0 aromatic rings. The predicted molar refractivity (Wildman–Crippen MR) is 78.9 cm³/mol. The van der Waals surface area contributed by atoms with Gasteiger partial charge in [0.2, 0.25) is 0 Å². The van der Waals surface area contributed by atoms with E-state index in [1.807, 2.05) is 0 Å². The lowest BCUT2D eigenvalue weighted by Gasteiger charge is -2.41. The number of rotatable bonds is 4. The van der Waals surface area contributed by atoms with Crippen LogP contribution in [0.4, 0.5) is 0 Å². The Hall–Kier alpha value is -0.0800. The van der Waals surface area contributed by atoms with Gasteiger partial charge in [0.15, 0.2) is 0 Å². The van der Waals surface area contributed by atoms with Gasteiger partial charge in [-0.15, -0.1) is 0 Å². The number of nitrogens with zero attached hydrogens (tertiary/aromatic N) is 1. The van der Waals surface area contributed by atoms with E-state index in [2.05, 4.69) is 31.0 Å². The van der Waals surface area contributed by atoms with Gasteiger partial charge < -0.3 is 10.2 Å². The van der Waals surface area contributed by atoms with Crippen molar-refractivity contribution < 1.29 is 0 Å². The molecular formula is C16H32N2. The van der Waals surface area contributed by atoms with Crippen molar-refractivity contribution >= 4 is 0 Å². The van der Waals surface area contributed by atoms with Crippen LogP contribution >= 0.6 is 0 Å². The lowest BCUT2D eigenvalue weighted by atomic mass is 9.78. The molecule has 2 aliphatic rings. The van der Waals surface area contributed by atoms with Crippen molar-refractivity contribution in [2.24, 2.45) is 11.8 Å². The molecule has 2 heteroatoms. The molecule has 0 radical (unpaired) electrons. The van der Waals surface area contributed by atoms with Crippen LogP contribution in [-0.2, 0) is 0 Å². The van der Waals surface area contributed by atoms with Gasteiger partial charge >= 0.3 is 0 Å². The fourth-order valence-electron chi connectivity index (χ4n) is 3.96. The van der Waals surface area contributed by atoms with E-state index in [1.54, 1.807) is 0 Å². The fraction of sp³-hybridized carbons (Fsp3) is 1.00. The summed E-state index contributed by atoms with van der Waals surface area (Å²) < 4.78 is 0. The second-order valence-corrected chi connectivity index (χ2v) is 6.68. The number of hydrogen-bond donors (Lipinski definition) is 1. The number of nitrogens with one attached hydrogen (secondary N) is 1. The number of piperidine rings is 1. The number of hydrogen-bond acceptors (Lipinski definition) is 2. The van der Waals surface area contributed by atoms with Gasteiger partial charge in [0.05, 0.1) is 0 Å². The van der Waals surface area contributed by atoms with Gasteiger partial charge in [-0.3, -0.25) is 0 Å². The standard InChI is InChI=1S/C16H32N2/c1-4-17-16-9-8-13(2)11-15(16)12-18-10-6-5-7-14(18)3/h13-17H,4-12H2,1-3H3. The molecule has 106 valence electrons. The Kier molecular flexibility index (Phi) is 5.50.